The predicted octanol–water partition coefficient (Wildman–Crippen LogP) is 4.31. The second kappa shape index (κ2) is 7.56. The van der Waals surface area contributed by atoms with E-state index in [1.807, 2.05) is 72.0 Å². The van der Waals surface area contributed by atoms with Crippen molar-refractivity contribution in [2.24, 2.45) is 4.99 Å². The number of rotatable bonds is 3. The fraction of sp³-hybridized carbons (Fsp3) is 0.350. The summed E-state index contributed by atoms with van der Waals surface area (Å²) in [5.74, 6) is 0. The number of imidazole rings is 1. The van der Waals surface area contributed by atoms with E-state index in [-0.39, 0.29) is 11.2 Å². The van der Waals surface area contributed by atoms with E-state index in [1.54, 1.807) is 4.57 Å². The maximum Gasteiger partial charge on any atom is 0.414 e. The lowest BCUT2D eigenvalue weighted by molar-refractivity contribution is -0.350. The van der Waals surface area contributed by atoms with Crippen LogP contribution in [0, 0.1) is 6.92 Å². The Labute approximate surface area is 154 Å². The Morgan fingerprint density at radius 2 is 1.88 bits per heavy atom. The van der Waals surface area contributed by atoms with E-state index in [1.165, 1.54) is 0 Å². The minimum absolute atomic E-state index is 0.138. The average Bonchev–Trinajstić information content (AvgIpc) is 2.95. The van der Waals surface area contributed by atoms with Gasteiger partial charge in [-0.25, -0.2) is 9.78 Å². The van der Waals surface area contributed by atoms with Gasteiger partial charge in [-0.15, -0.1) is 0 Å². The maximum atomic E-state index is 12.4. The first-order valence-electron chi connectivity index (χ1n) is 8.81. The van der Waals surface area contributed by atoms with E-state index in [2.05, 4.69) is 27.0 Å². The quantitative estimate of drug-likeness (QED) is 0.688. The number of aryl methyl sites for hydroxylation is 1. The molecule has 6 heteroatoms. The van der Waals surface area contributed by atoms with E-state index in [0.717, 1.165) is 33.8 Å². The van der Waals surface area contributed by atoms with Gasteiger partial charge in [0.15, 0.2) is 5.52 Å². The van der Waals surface area contributed by atoms with Crippen LogP contribution in [0.2, 0.25) is 0 Å². The van der Waals surface area contributed by atoms with Gasteiger partial charge >= 0.3 is 11.3 Å². The third kappa shape index (κ3) is 3.69. The van der Waals surface area contributed by atoms with E-state index in [9.17, 15) is 4.79 Å². The van der Waals surface area contributed by atoms with Crippen LogP contribution in [0.25, 0.3) is 11.2 Å². The Morgan fingerprint density at radius 1 is 1.19 bits per heavy atom. The fourth-order valence-corrected chi connectivity index (χ4v) is 2.79. The molecule has 6 nitrogen and oxygen atoms in total. The molecule has 3 rings (SSSR count). The van der Waals surface area contributed by atoms with Gasteiger partial charge in [-0.3, -0.25) is 9.98 Å². The van der Waals surface area contributed by atoms with Gasteiger partial charge in [0.1, 0.15) is 5.54 Å². The molecule has 0 unspecified atom stereocenters. The molecule has 1 aromatic carbocycles. The first kappa shape index (κ1) is 19.4. The standard InChI is InChI=1S/C18H21N5O.C2H6/c1-11-6-7-12(19-5)10-14(11)21-13-8-9-20-16-15(13)22-17(24)23(16)18(2,3)4;1-2/h6-10H,5H2,1-4H3,(H,20,21)(H,22,24);1-2H3/p+1. The van der Waals surface area contributed by atoms with Crippen LogP contribution in [-0.2, 0) is 5.54 Å². The minimum Gasteiger partial charge on any atom is -0.353 e. The summed E-state index contributed by atoms with van der Waals surface area (Å²) in [6, 6.07) is 7.74. The van der Waals surface area contributed by atoms with Gasteiger partial charge in [0.2, 0.25) is 0 Å². The molecule has 0 saturated heterocycles. The molecule has 0 spiro atoms. The normalized spacial score (nSPS) is 11.0. The number of nitrogens with zero attached hydrogens (tertiary/aromatic N) is 2. The van der Waals surface area contributed by atoms with Gasteiger partial charge in [-0.2, -0.15) is 4.57 Å². The van der Waals surface area contributed by atoms with Crippen LogP contribution in [0.3, 0.4) is 0 Å². The van der Waals surface area contributed by atoms with Crippen LogP contribution < -0.4 is 16.0 Å². The zero-order chi connectivity index (χ0) is 19.5. The predicted molar refractivity (Wildman–Crippen MR) is 109 cm³/mol. The first-order chi connectivity index (χ1) is 12.3. The molecular weight excluding hydrogens is 326 g/mol. The topological polar surface area (TPSA) is 76.3 Å². The van der Waals surface area contributed by atoms with Crippen molar-refractivity contribution in [1.82, 2.24) is 9.55 Å². The second-order valence-corrected chi connectivity index (χ2v) is 6.83. The monoisotopic (exact) mass is 354 g/mol. The zero-order valence-corrected chi connectivity index (χ0v) is 16.4. The fourth-order valence-electron chi connectivity index (χ4n) is 2.79. The highest BCUT2D eigenvalue weighted by Crippen LogP contribution is 2.28. The highest BCUT2D eigenvalue weighted by atomic mass is 16.1. The SMILES string of the molecule is C=Nc1ccc(C)c(Nc2cc[nH+]c3c2[nH]c(=O)n3C(C)(C)C)c1.CC. The number of hydrogen-bond donors (Lipinski definition) is 2. The average molecular weight is 354 g/mol. The highest BCUT2D eigenvalue weighted by Gasteiger charge is 2.28. The molecule has 3 N–H and O–H groups in total. The summed E-state index contributed by atoms with van der Waals surface area (Å²) in [7, 11) is 0. The second-order valence-electron chi connectivity index (χ2n) is 6.83. The number of anilines is 2. The molecule has 0 atom stereocenters. The van der Waals surface area contributed by atoms with Crippen LogP contribution in [0.1, 0.15) is 40.2 Å². The third-order valence-electron chi connectivity index (χ3n) is 3.98. The van der Waals surface area contributed by atoms with Gasteiger partial charge in [0.05, 0.1) is 17.6 Å². The summed E-state index contributed by atoms with van der Waals surface area (Å²) in [5.41, 5.74) is 4.67. The Morgan fingerprint density at radius 3 is 2.50 bits per heavy atom. The van der Waals surface area contributed by atoms with Gasteiger partial charge in [-0.05, 0) is 52.1 Å². The van der Waals surface area contributed by atoms with Crippen LogP contribution in [0.4, 0.5) is 17.1 Å². The van der Waals surface area contributed by atoms with Crippen molar-refractivity contribution in [3.8, 4) is 0 Å². The van der Waals surface area contributed by atoms with Crippen molar-refractivity contribution in [1.29, 1.82) is 0 Å². The van der Waals surface area contributed by atoms with Crippen molar-refractivity contribution >= 4 is 34.9 Å². The number of aromatic amines is 2. The van der Waals surface area contributed by atoms with E-state index < -0.39 is 0 Å². The smallest absolute Gasteiger partial charge is 0.353 e. The number of nitrogens with one attached hydrogen (secondary N) is 3. The van der Waals surface area contributed by atoms with Crippen LogP contribution in [-0.4, -0.2) is 16.3 Å². The number of aromatic nitrogens is 3. The molecule has 26 heavy (non-hydrogen) atoms. The van der Waals surface area contributed by atoms with Crippen molar-refractivity contribution in [3.63, 3.8) is 0 Å². The summed E-state index contributed by atoms with van der Waals surface area (Å²) >= 11 is 0. The van der Waals surface area contributed by atoms with E-state index in [4.69, 9.17) is 0 Å². The maximum absolute atomic E-state index is 12.4. The summed E-state index contributed by atoms with van der Waals surface area (Å²) in [5, 5.41) is 3.39. The van der Waals surface area contributed by atoms with Crippen LogP contribution in [0.15, 0.2) is 40.2 Å². The third-order valence-corrected chi connectivity index (χ3v) is 3.98. The molecule has 2 heterocycles. The molecule has 2 aromatic heterocycles. The molecule has 0 bridgehead atoms. The lowest BCUT2D eigenvalue weighted by Crippen LogP contribution is -2.33. The molecule has 0 amide bonds. The number of pyridine rings is 1. The number of fused-ring (bicyclic) bond motifs is 1. The molecule has 0 aliphatic carbocycles. The molecule has 0 aliphatic rings. The summed E-state index contributed by atoms with van der Waals surface area (Å²) < 4.78 is 1.72. The van der Waals surface area contributed by atoms with Crippen molar-refractivity contribution in [3.05, 3.63) is 46.5 Å². The zero-order valence-electron chi connectivity index (χ0n) is 16.4. The van der Waals surface area contributed by atoms with Gasteiger partial charge in [0.25, 0.3) is 0 Å². The van der Waals surface area contributed by atoms with Gasteiger partial charge in [0, 0.05) is 11.8 Å². The highest BCUT2D eigenvalue weighted by molar-refractivity contribution is 5.86. The number of H-pyrrole nitrogens is 2. The summed E-state index contributed by atoms with van der Waals surface area (Å²) in [6.07, 6.45) is 1.82. The summed E-state index contributed by atoms with van der Waals surface area (Å²) in [6.45, 7) is 15.6. The van der Waals surface area contributed by atoms with Gasteiger partial charge in [-0.1, -0.05) is 19.9 Å². The molecular formula is C20H28N5O+. The number of benzene rings is 1. The lowest BCUT2D eigenvalue weighted by atomic mass is 10.1. The summed E-state index contributed by atoms with van der Waals surface area (Å²) in [4.78, 5) is 22.5. The van der Waals surface area contributed by atoms with E-state index in [0.29, 0.717) is 0 Å². The largest absolute Gasteiger partial charge is 0.414 e. The Kier molecular flexibility index (Phi) is 5.65. The molecule has 138 valence electrons. The Bertz CT molecular complexity index is 976. The number of aliphatic imine (C=N–C) groups is 1. The first-order valence-corrected chi connectivity index (χ1v) is 8.81. The number of hydrogen-bond acceptors (Lipinski definition) is 3. The Balaban J connectivity index is 0.00000117. The van der Waals surface area contributed by atoms with Gasteiger partial charge < -0.3 is 5.32 Å². The van der Waals surface area contributed by atoms with Crippen LogP contribution >= 0.6 is 0 Å². The van der Waals surface area contributed by atoms with Crippen LogP contribution in [0.5, 0.6) is 0 Å². The Hall–Kier alpha value is -2.89. The molecule has 3 aromatic rings. The lowest BCUT2D eigenvalue weighted by Gasteiger charge is -2.13. The van der Waals surface area contributed by atoms with Crippen molar-refractivity contribution in [2.45, 2.75) is 47.1 Å². The molecule has 0 radical (unpaired) electrons. The molecule has 0 saturated carbocycles. The van der Waals surface area contributed by atoms with E-state index >= 15 is 0 Å². The molecule has 0 fully saturated rings. The minimum atomic E-state index is -0.326. The van der Waals surface area contributed by atoms with Crippen molar-refractivity contribution < 1.29 is 4.98 Å². The molecule has 0 aliphatic heterocycles. The van der Waals surface area contributed by atoms with Crippen molar-refractivity contribution in [2.75, 3.05) is 5.32 Å².